The minimum absolute atomic E-state index is 0.0163. The predicted octanol–water partition coefficient (Wildman–Crippen LogP) is 14.2. The Labute approximate surface area is 712 Å². The number of nitriles is 3. The van der Waals surface area contributed by atoms with Gasteiger partial charge in [-0.25, -0.2) is 29.4 Å². The lowest BCUT2D eigenvalue weighted by atomic mass is 10.3. The molecule has 16 rings (SSSR count). The summed E-state index contributed by atoms with van der Waals surface area (Å²) in [6.45, 7) is 17.4. The van der Waals surface area contributed by atoms with E-state index in [1.807, 2.05) is 12.1 Å². The van der Waals surface area contributed by atoms with Gasteiger partial charge in [-0.15, -0.1) is 45.2 Å². The van der Waals surface area contributed by atoms with Crippen molar-refractivity contribution in [2.75, 3.05) is 22.9 Å². The highest BCUT2D eigenvalue weighted by Crippen LogP contribution is 2.43. The highest BCUT2D eigenvalue weighted by molar-refractivity contribution is 7.94. The molecule has 0 fully saturated rings. The number of rotatable bonds is 20. The van der Waals surface area contributed by atoms with Crippen LogP contribution in [0.4, 0.5) is 75.0 Å². The van der Waals surface area contributed by atoms with E-state index in [2.05, 4.69) is 142 Å². The number of azo groups is 4. The summed E-state index contributed by atoms with van der Waals surface area (Å²) < 4.78 is 48.2. The van der Waals surface area contributed by atoms with Crippen LogP contribution in [-0.4, -0.2) is 147 Å². The second-order valence-electron chi connectivity index (χ2n) is 24.7. The first-order valence-electron chi connectivity index (χ1n) is 33.7. The number of benzene rings is 4. The van der Waals surface area contributed by atoms with E-state index >= 15 is 0 Å². The summed E-state index contributed by atoms with van der Waals surface area (Å²) in [7, 11) is -4.48. The molecule has 0 unspecified atom stereocenters. The first kappa shape index (κ1) is 81.9. The van der Waals surface area contributed by atoms with Crippen LogP contribution in [0.15, 0.2) is 136 Å². The molecule has 12 heterocycles. The topological polar surface area (TPSA) is 658 Å². The average Bonchev–Trinajstić information content (AvgIpc) is 1.63. The zero-order chi connectivity index (χ0) is 86.6. The zero-order valence-electron chi connectivity index (χ0n) is 62.1. The van der Waals surface area contributed by atoms with E-state index < -0.39 is 22.1 Å². The van der Waals surface area contributed by atoms with Crippen LogP contribution in [0.25, 0.3) is 70.7 Å². The van der Waals surface area contributed by atoms with Crippen molar-refractivity contribution >= 4 is 187 Å². The van der Waals surface area contributed by atoms with Crippen LogP contribution in [0, 0.1) is 82.1 Å². The van der Waals surface area contributed by atoms with E-state index in [1.54, 1.807) is 96.1 Å². The SMILES string of the molecule is Cc1nn(-c2nc(O)nc(-n3nc(C)c(N=Nc4c(C#N)cnn4-c4c(Cl)cccc4Cl)c3N)n2)c(N)c1N=Nc1c(C#N)cnn1-c1c(Cl)cccc1Cl.[C-]#[N+]c1c(C)nn(-c2nc3ccc(S(=O)(=O)O)cc3s2)c1N=Nc1c(C)nn(-c2nc(O)nc(-n3nc(C)c(N=Nc4c(C#N)c(C)nn4-c4nc5ccc(SOOO)cc5s4)c3N)n2)c1N. The second kappa shape index (κ2) is 33.0. The van der Waals surface area contributed by atoms with Crippen molar-refractivity contribution in [3.63, 3.8) is 0 Å². The maximum Gasteiger partial charge on any atom is 0.320 e. The molecule has 48 nitrogen and oxygen atoms in total. The minimum atomic E-state index is -4.48. The lowest BCUT2D eigenvalue weighted by Gasteiger charge is -2.08. The van der Waals surface area contributed by atoms with E-state index in [0.29, 0.717) is 37.1 Å². The number of nitrogen functional groups attached to an aromatic ring is 4. The molecule has 16 aromatic rings. The van der Waals surface area contributed by atoms with Gasteiger partial charge >= 0.3 is 12.0 Å². The number of para-hydroxylation sites is 2. The fourth-order valence-corrected chi connectivity index (χ4v) is 15.5. The third kappa shape index (κ3) is 15.4. The molecule has 12 aromatic heterocycles. The monoisotopic (exact) mass is 1790 g/mol. The maximum atomic E-state index is 11.7. The van der Waals surface area contributed by atoms with E-state index in [0.717, 1.165) is 46.8 Å². The van der Waals surface area contributed by atoms with Gasteiger partial charge in [-0.1, -0.05) is 86.2 Å². The molecule has 0 spiro atoms. The van der Waals surface area contributed by atoms with Crippen LogP contribution in [-0.2, 0) is 19.5 Å². The fraction of sp³-hybridized carbons (Fsp3) is 0.0909. The fourth-order valence-electron chi connectivity index (χ4n) is 11.4. The van der Waals surface area contributed by atoms with Gasteiger partial charge in [0.15, 0.2) is 69.3 Å². The largest absolute Gasteiger partial charge is 0.479 e. The zero-order valence-corrected chi connectivity index (χ0v) is 68.3. The first-order chi connectivity index (χ1) is 58.5. The molecule has 608 valence electrons. The Balaban J connectivity index is 0.000000193. The summed E-state index contributed by atoms with van der Waals surface area (Å²) >= 11 is 28.6. The van der Waals surface area contributed by atoms with Crippen LogP contribution < -0.4 is 22.9 Å². The Bertz CT molecular complexity index is 7220. The van der Waals surface area contributed by atoms with Gasteiger partial charge in [0.25, 0.3) is 39.6 Å². The molecule has 122 heavy (non-hydrogen) atoms. The van der Waals surface area contributed by atoms with Gasteiger partial charge in [-0.3, -0.25) is 4.55 Å². The highest BCUT2D eigenvalue weighted by Gasteiger charge is 2.29. The van der Waals surface area contributed by atoms with Crippen molar-refractivity contribution in [1.29, 1.82) is 15.8 Å². The van der Waals surface area contributed by atoms with Gasteiger partial charge < -0.3 is 33.1 Å². The number of hydrogen-bond donors (Lipinski definition) is 8. The number of halogens is 4. The number of aromatic nitrogens is 24. The van der Waals surface area contributed by atoms with Crippen LogP contribution in [0.1, 0.15) is 50.9 Å². The van der Waals surface area contributed by atoms with Crippen molar-refractivity contribution < 1.29 is 37.8 Å². The van der Waals surface area contributed by atoms with Crippen LogP contribution in [0.5, 0.6) is 12.0 Å². The van der Waals surface area contributed by atoms with E-state index in [1.165, 1.54) is 60.7 Å². The van der Waals surface area contributed by atoms with E-state index in [-0.39, 0.29) is 180 Å². The third-order valence-electron chi connectivity index (χ3n) is 17.0. The van der Waals surface area contributed by atoms with Gasteiger partial charge in [0.2, 0.25) is 10.3 Å². The van der Waals surface area contributed by atoms with Gasteiger partial charge in [0.1, 0.15) is 46.3 Å². The minimum Gasteiger partial charge on any atom is -0.479 e. The Morgan fingerprint density at radius 2 is 0.861 bits per heavy atom. The number of anilines is 4. The van der Waals surface area contributed by atoms with E-state index in [9.17, 15) is 39.0 Å². The molecule has 0 bridgehead atoms. The number of nitrogens with two attached hydrogens (primary N) is 4. The molecule has 0 radical (unpaired) electrons. The summed E-state index contributed by atoms with van der Waals surface area (Å²) in [6.07, 6.45) is 2.57. The quantitative estimate of drug-likeness (QED) is 0.00877. The van der Waals surface area contributed by atoms with Crippen LogP contribution >= 0.6 is 81.1 Å². The maximum absolute atomic E-state index is 11.7. The first-order valence-corrected chi connectivity index (χ1v) is 39.1. The van der Waals surface area contributed by atoms with Crippen molar-refractivity contribution in [3.05, 3.63) is 168 Å². The summed E-state index contributed by atoms with van der Waals surface area (Å²) in [5, 5.41) is 134. The highest BCUT2D eigenvalue weighted by atomic mass is 35.5. The molecule has 0 aliphatic rings. The normalized spacial score (nSPS) is 11.8. The van der Waals surface area contributed by atoms with Crippen LogP contribution in [0.2, 0.25) is 20.1 Å². The molecule has 4 aromatic carbocycles. The molecular formula is C66H44Cl4N40O8S4. The van der Waals surface area contributed by atoms with Gasteiger partial charge in [0.05, 0.1) is 111 Å². The number of thiazole rings is 2. The Morgan fingerprint density at radius 1 is 0.484 bits per heavy atom. The summed E-state index contributed by atoms with van der Waals surface area (Å²) in [5.74, 6) is -1.44. The number of aryl methyl sites for hydroxylation is 6. The van der Waals surface area contributed by atoms with Gasteiger partial charge in [0, 0.05) is 4.90 Å². The smallest absolute Gasteiger partial charge is 0.320 e. The van der Waals surface area contributed by atoms with Gasteiger partial charge in [-0.05, 0) is 102 Å². The van der Waals surface area contributed by atoms with E-state index in [4.69, 9.17) is 81.2 Å². The average molecular weight is 1800 g/mol. The molecule has 0 saturated carbocycles. The van der Waals surface area contributed by atoms with Crippen molar-refractivity contribution in [2.24, 2.45) is 40.9 Å². The number of aromatic hydroxyl groups is 2. The third-order valence-corrected chi connectivity index (χ3v) is 21.6. The predicted molar refractivity (Wildman–Crippen MR) is 436 cm³/mol. The second-order valence-corrected chi connectivity index (χ2v) is 30.5. The number of fused-ring (bicyclic) bond motifs is 2. The summed E-state index contributed by atoms with van der Waals surface area (Å²) in [4.78, 5) is 37.7. The standard InChI is InChI=1S/C35H25N21O7S4.C31H19Cl4N19O/c1-13-19(12-36)29(55(49-13)34-40-20-8-6-17(66-63-62-58)10-22(20)64-34)47-45-24-14(2)50-53(27(24)37)31-42-32(44-33(57)43-31)54-28(38)25(15(3)51-54)46-48-30-26(39-5)16(4)52-56(30)35-41-21-9-7-18(67(59,60)61)11-23(21)65-35;1-13-21(45-47-27-15(9-36)11-40-51(27)23-17(32)5-3-6-18(23)33)25(38)53(49-13)29-42-30(44-31(55)43-29)54-26(39)22(14(2)50-54)46-48-28-16(10-37)12-41-52(28)24-19(34)7-4-8-20(24)35/h6-11,58H,37-38H2,1-4H3,(H,59,60,61)(H,42,43,44,57);3-8,11-12H,38-39H2,1-2H3,(H,42,43,44,55). The van der Waals surface area contributed by atoms with Crippen molar-refractivity contribution in [2.45, 2.75) is 51.3 Å². The van der Waals surface area contributed by atoms with Gasteiger partial charge in [-0.2, -0.15) is 123 Å². The van der Waals surface area contributed by atoms with Crippen molar-refractivity contribution in [1.82, 2.24) is 118 Å². The lowest BCUT2D eigenvalue weighted by molar-refractivity contribution is -0.432. The summed E-state index contributed by atoms with van der Waals surface area (Å²) in [6, 6.07) is 23.4. The molecule has 0 saturated heterocycles. The van der Waals surface area contributed by atoms with Crippen molar-refractivity contribution in [3.8, 4) is 75.7 Å². The molecule has 12 N–H and O–H groups in total. The summed E-state index contributed by atoms with van der Waals surface area (Å²) in [5.41, 5.74) is 29.7. The van der Waals surface area contributed by atoms with Crippen LogP contribution in [0.3, 0.4) is 0 Å². The molecule has 0 aliphatic heterocycles. The number of hydrogen-bond acceptors (Lipinski definition) is 41. The molecule has 0 atom stereocenters. The lowest BCUT2D eigenvalue weighted by Crippen LogP contribution is -2.13. The number of nitrogens with zero attached hydrogens (tertiary/aromatic N) is 36. The molecule has 0 aliphatic carbocycles. The molecular weight excluding hydrogens is 1750 g/mol. The molecule has 56 heteroatoms. The Hall–Kier alpha value is -15.2. The molecule has 0 amide bonds. The Morgan fingerprint density at radius 3 is 1.25 bits per heavy atom. The Kier molecular flexibility index (Phi) is 22.1.